The molecule has 0 aliphatic heterocycles. The molecule has 0 radical (unpaired) electrons. The molecule has 1 aliphatic carbocycles. The highest BCUT2D eigenvalue weighted by Gasteiger charge is 2.34. The van der Waals surface area contributed by atoms with Crippen molar-refractivity contribution in [3.8, 4) is 0 Å². The molecule has 1 aromatic carbocycles. The van der Waals surface area contributed by atoms with Gasteiger partial charge in [-0.3, -0.25) is 19.7 Å². The Kier molecular flexibility index (Phi) is 6.59. The van der Waals surface area contributed by atoms with Crippen LogP contribution in [0.2, 0.25) is 0 Å². The van der Waals surface area contributed by atoms with Gasteiger partial charge in [0.1, 0.15) is 5.00 Å². The highest BCUT2D eigenvalue weighted by molar-refractivity contribution is 7.17. The first-order valence-electron chi connectivity index (χ1n) is 10.3. The van der Waals surface area contributed by atoms with Gasteiger partial charge in [0.2, 0.25) is 5.91 Å². The third-order valence-corrected chi connectivity index (χ3v) is 7.44. The molecule has 1 heterocycles. The van der Waals surface area contributed by atoms with Gasteiger partial charge in [0.25, 0.3) is 11.6 Å². The zero-order valence-corrected chi connectivity index (χ0v) is 18.8. The van der Waals surface area contributed by atoms with E-state index in [2.05, 4.69) is 26.1 Å². The number of hydrogen-bond acceptors (Lipinski definition) is 5. The molecule has 31 heavy (non-hydrogen) atoms. The Morgan fingerprint density at radius 2 is 2.13 bits per heavy atom. The Morgan fingerprint density at radius 1 is 1.39 bits per heavy atom. The largest absolute Gasteiger partial charge is 0.365 e. The second-order valence-corrected chi connectivity index (χ2v) is 9.63. The highest BCUT2D eigenvalue weighted by atomic mass is 32.1. The van der Waals surface area contributed by atoms with Crippen LogP contribution in [0.25, 0.3) is 6.08 Å². The standard InChI is InChI=1S/C23H27N3O4S/c1-4-23(2,3)15-9-10-17-18(13-15)31-22(20(17)21(24)28)25-19(27)11-8-14-6-5-7-16(12-14)26(29)30/h5-8,11-12,15H,4,9-10,13H2,1-3H3,(H2,24,28)(H,25,27)/b11-8+. The van der Waals surface area contributed by atoms with Crippen LogP contribution >= 0.6 is 11.3 Å². The van der Waals surface area contributed by atoms with Crippen molar-refractivity contribution in [2.75, 3.05) is 5.32 Å². The van der Waals surface area contributed by atoms with E-state index in [1.54, 1.807) is 12.1 Å². The van der Waals surface area contributed by atoms with Gasteiger partial charge in [-0.1, -0.05) is 39.3 Å². The summed E-state index contributed by atoms with van der Waals surface area (Å²) in [6, 6.07) is 6.01. The zero-order valence-electron chi connectivity index (χ0n) is 17.9. The van der Waals surface area contributed by atoms with Gasteiger partial charge in [0.15, 0.2) is 0 Å². The molecule has 8 heteroatoms. The highest BCUT2D eigenvalue weighted by Crippen LogP contribution is 2.45. The minimum Gasteiger partial charge on any atom is -0.365 e. The lowest BCUT2D eigenvalue weighted by Gasteiger charge is -2.36. The van der Waals surface area contributed by atoms with Crippen LogP contribution in [-0.2, 0) is 17.6 Å². The van der Waals surface area contributed by atoms with Crippen molar-refractivity contribution < 1.29 is 14.5 Å². The maximum Gasteiger partial charge on any atom is 0.270 e. The van der Waals surface area contributed by atoms with Gasteiger partial charge in [-0.05, 0) is 47.8 Å². The average molecular weight is 442 g/mol. The summed E-state index contributed by atoms with van der Waals surface area (Å²) in [5.41, 5.74) is 7.71. The molecular weight excluding hydrogens is 414 g/mol. The summed E-state index contributed by atoms with van der Waals surface area (Å²) in [7, 11) is 0. The number of amides is 2. The molecule has 3 N–H and O–H groups in total. The quantitative estimate of drug-likeness (QED) is 0.359. The SMILES string of the molecule is CCC(C)(C)C1CCc2c(sc(NC(=O)/C=C/c3cccc([N+](=O)[O-])c3)c2C(N)=O)C1. The lowest BCUT2D eigenvalue weighted by Crippen LogP contribution is -2.29. The number of nitrogens with one attached hydrogen (secondary N) is 1. The second kappa shape index (κ2) is 9.01. The molecule has 0 saturated heterocycles. The van der Waals surface area contributed by atoms with Crippen molar-refractivity contribution in [3.05, 3.63) is 62.0 Å². The molecule has 2 amide bonds. The number of thiophene rings is 1. The fraction of sp³-hybridized carbons (Fsp3) is 0.391. The van der Waals surface area contributed by atoms with E-state index in [4.69, 9.17) is 5.73 Å². The molecule has 0 spiro atoms. The minimum atomic E-state index is -0.538. The lowest BCUT2D eigenvalue weighted by molar-refractivity contribution is -0.384. The Bertz CT molecular complexity index is 1060. The van der Waals surface area contributed by atoms with Gasteiger partial charge < -0.3 is 11.1 Å². The van der Waals surface area contributed by atoms with E-state index in [0.717, 1.165) is 36.1 Å². The van der Waals surface area contributed by atoms with Crippen LogP contribution in [0.1, 0.15) is 60.0 Å². The van der Waals surface area contributed by atoms with Gasteiger partial charge in [0.05, 0.1) is 10.5 Å². The third-order valence-electron chi connectivity index (χ3n) is 6.27. The number of anilines is 1. The van der Waals surface area contributed by atoms with Gasteiger partial charge in [0, 0.05) is 23.1 Å². The van der Waals surface area contributed by atoms with Crippen molar-refractivity contribution in [1.82, 2.24) is 0 Å². The smallest absolute Gasteiger partial charge is 0.270 e. The first kappa shape index (κ1) is 22.7. The Labute approximate surface area is 185 Å². The summed E-state index contributed by atoms with van der Waals surface area (Å²) in [6.07, 6.45) is 6.52. The minimum absolute atomic E-state index is 0.0472. The fourth-order valence-corrected chi connectivity index (χ4v) is 5.29. The number of primary amides is 1. The summed E-state index contributed by atoms with van der Waals surface area (Å²) in [5.74, 6) is -0.441. The van der Waals surface area contributed by atoms with Crippen molar-refractivity contribution in [3.63, 3.8) is 0 Å². The van der Waals surface area contributed by atoms with Gasteiger partial charge in [-0.2, -0.15) is 0 Å². The first-order valence-corrected chi connectivity index (χ1v) is 11.1. The number of rotatable bonds is 7. The monoisotopic (exact) mass is 441 g/mol. The maximum absolute atomic E-state index is 12.5. The molecular formula is C23H27N3O4S. The van der Waals surface area contributed by atoms with Crippen LogP contribution in [0.5, 0.6) is 0 Å². The molecule has 7 nitrogen and oxygen atoms in total. The van der Waals surface area contributed by atoms with Crippen molar-refractivity contribution in [2.24, 2.45) is 17.1 Å². The van der Waals surface area contributed by atoms with E-state index in [-0.39, 0.29) is 11.1 Å². The average Bonchev–Trinajstić information content (AvgIpc) is 3.09. The second-order valence-electron chi connectivity index (χ2n) is 8.53. The van der Waals surface area contributed by atoms with E-state index in [1.807, 2.05) is 0 Å². The van der Waals surface area contributed by atoms with Crippen LogP contribution in [0.15, 0.2) is 30.3 Å². The van der Waals surface area contributed by atoms with Crippen LogP contribution < -0.4 is 11.1 Å². The molecule has 1 aliphatic rings. The van der Waals surface area contributed by atoms with Gasteiger partial charge in [-0.25, -0.2) is 0 Å². The number of nitrogens with zero attached hydrogens (tertiary/aromatic N) is 1. The first-order chi connectivity index (χ1) is 14.6. The van der Waals surface area contributed by atoms with E-state index in [9.17, 15) is 19.7 Å². The number of hydrogen-bond donors (Lipinski definition) is 2. The third kappa shape index (κ3) is 5.02. The topological polar surface area (TPSA) is 115 Å². The summed E-state index contributed by atoms with van der Waals surface area (Å²) in [5, 5.41) is 14.1. The number of non-ortho nitro benzene ring substituents is 1. The van der Waals surface area contributed by atoms with Crippen LogP contribution in [0.3, 0.4) is 0 Å². The Morgan fingerprint density at radius 3 is 2.77 bits per heavy atom. The normalized spacial score (nSPS) is 16.2. The van der Waals surface area contributed by atoms with Crippen LogP contribution in [0, 0.1) is 21.4 Å². The number of carbonyl (C=O) groups is 2. The maximum atomic E-state index is 12.5. The van der Waals surface area contributed by atoms with Crippen molar-refractivity contribution >= 4 is 39.9 Å². The molecule has 164 valence electrons. The van der Waals surface area contributed by atoms with E-state index < -0.39 is 16.7 Å². The van der Waals surface area contributed by atoms with Crippen LogP contribution in [-0.4, -0.2) is 16.7 Å². The molecule has 0 saturated carbocycles. The Balaban J connectivity index is 1.80. The zero-order chi connectivity index (χ0) is 22.8. The number of nitro benzene ring substituents is 1. The number of carbonyl (C=O) groups excluding carboxylic acids is 2. The number of nitro groups is 1. The molecule has 1 unspecified atom stereocenters. The molecule has 2 aromatic rings. The van der Waals surface area contributed by atoms with Gasteiger partial charge >= 0.3 is 0 Å². The van der Waals surface area contributed by atoms with E-state index in [0.29, 0.717) is 22.0 Å². The number of fused-ring (bicyclic) bond motifs is 1. The molecule has 0 fully saturated rings. The molecule has 1 atom stereocenters. The van der Waals surface area contributed by atoms with Crippen molar-refractivity contribution in [1.29, 1.82) is 0 Å². The Hall–Kier alpha value is -3.00. The molecule has 0 bridgehead atoms. The summed E-state index contributed by atoms with van der Waals surface area (Å²) in [4.78, 5) is 36.2. The number of benzene rings is 1. The summed E-state index contributed by atoms with van der Waals surface area (Å²) < 4.78 is 0. The number of nitrogens with two attached hydrogens (primary N) is 1. The lowest BCUT2D eigenvalue weighted by atomic mass is 9.69. The van der Waals surface area contributed by atoms with E-state index >= 15 is 0 Å². The molecule has 1 aromatic heterocycles. The summed E-state index contributed by atoms with van der Waals surface area (Å²) in [6.45, 7) is 6.73. The van der Waals surface area contributed by atoms with Crippen molar-refractivity contribution in [2.45, 2.75) is 46.5 Å². The van der Waals surface area contributed by atoms with Gasteiger partial charge in [-0.15, -0.1) is 11.3 Å². The van der Waals surface area contributed by atoms with E-state index in [1.165, 1.54) is 35.6 Å². The predicted molar refractivity (Wildman–Crippen MR) is 123 cm³/mol. The predicted octanol–water partition coefficient (Wildman–Crippen LogP) is 4.95. The fourth-order valence-electron chi connectivity index (χ4n) is 3.96. The van der Waals surface area contributed by atoms with Crippen LogP contribution in [0.4, 0.5) is 10.7 Å². The molecule has 3 rings (SSSR count). The summed E-state index contributed by atoms with van der Waals surface area (Å²) >= 11 is 1.42.